The van der Waals surface area contributed by atoms with Crippen molar-refractivity contribution in [2.75, 3.05) is 50.7 Å². The second-order valence-corrected chi connectivity index (χ2v) is 8.60. The first-order valence-electron chi connectivity index (χ1n) is 11.3. The van der Waals surface area contributed by atoms with Crippen molar-refractivity contribution in [2.45, 2.75) is 25.8 Å². The molecule has 0 atom stereocenters. The second kappa shape index (κ2) is 9.96. The van der Waals surface area contributed by atoms with Crippen LogP contribution >= 0.6 is 0 Å². The van der Waals surface area contributed by atoms with Crippen molar-refractivity contribution in [1.82, 2.24) is 15.1 Å². The van der Waals surface area contributed by atoms with Crippen molar-refractivity contribution < 1.29 is 9.59 Å². The number of benzene rings is 2. The topological polar surface area (TPSA) is 55.9 Å². The van der Waals surface area contributed by atoms with Crippen molar-refractivity contribution in [2.24, 2.45) is 0 Å². The van der Waals surface area contributed by atoms with E-state index in [1.807, 2.05) is 35.2 Å². The Morgan fingerprint density at radius 2 is 1.61 bits per heavy atom. The highest BCUT2D eigenvalue weighted by Crippen LogP contribution is 2.18. The number of amides is 2. The van der Waals surface area contributed by atoms with Crippen LogP contribution in [0.25, 0.3) is 0 Å². The molecule has 0 radical (unpaired) electrons. The molecule has 1 N–H and O–H groups in total. The van der Waals surface area contributed by atoms with Gasteiger partial charge in [-0.05, 0) is 49.6 Å². The number of anilines is 1. The van der Waals surface area contributed by atoms with Crippen LogP contribution in [0.2, 0.25) is 0 Å². The van der Waals surface area contributed by atoms with Crippen molar-refractivity contribution in [3.05, 3.63) is 65.7 Å². The van der Waals surface area contributed by atoms with E-state index >= 15 is 0 Å². The smallest absolute Gasteiger partial charge is 0.251 e. The second-order valence-electron chi connectivity index (χ2n) is 8.60. The number of hydrogen-bond acceptors (Lipinski definition) is 4. The summed E-state index contributed by atoms with van der Waals surface area (Å²) in [5.74, 6) is 0.206. The highest BCUT2D eigenvalue weighted by atomic mass is 16.2. The van der Waals surface area contributed by atoms with Gasteiger partial charge >= 0.3 is 0 Å². The summed E-state index contributed by atoms with van der Waals surface area (Å²) in [6.07, 6.45) is 1.76. The molecule has 2 heterocycles. The van der Waals surface area contributed by atoms with Crippen LogP contribution in [0.1, 0.15) is 28.8 Å². The van der Waals surface area contributed by atoms with E-state index in [0.717, 1.165) is 52.1 Å². The molecular formula is C25H32N4O2. The molecule has 2 aromatic rings. The number of carbonyl (C=O) groups is 2. The van der Waals surface area contributed by atoms with E-state index in [2.05, 4.69) is 46.3 Å². The van der Waals surface area contributed by atoms with Gasteiger partial charge in [0.1, 0.15) is 0 Å². The van der Waals surface area contributed by atoms with Crippen LogP contribution in [0.4, 0.5) is 5.69 Å². The van der Waals surface area contributed by atoms with E-state index in [4.69, 9.17) is 0 Å². The van der Waals surface area contributed by atoms with Gasteiger partial charge in [-0.2, -0.15) is 0 Å². The van der Waals surface area contributed by atoms with E-state index in [-0.39, 0.29) is 17.9 Å². The number of aryl methyl sites for hydroxylation is 1. The fourth-order valence-electron chi connectivity index (χ4n) is 4.42. The molecule has 2 aliphatic rings. The molecule has 2 fully saturated rings. The minimum absolute atomic E-state index is 0.0124. The normalized spacial score (nSPS) is 18.1. The van der Waals surface area contributed by atoms with Gasteiger partial charge in [-0.25, -0.2) is 0 Å². The van der Waals surface area contributed by atoms with Crippen molar-refractivity contribution in [1.29, 1.82) is 0 Å². The minimum Gasteiger partial charge on any atom is -0.368 e. The lowest BCUT2D eigenvalue weighted by atomic mass is 10.0. The molecule has 0 bridgehead atoms. The molecule has 2 saturated heterocycles. The third kappa shape index (κ3) is 5.64. The SMILES string of the molecule is Cc1cccc(N2CCN(C(=O)CN3CCC(NC(=O)c4ccccc4)CC3)CC2)c1. The monoisotopic (exact) mass is 420 g/mol. The summed E-state index contributed by atoms with van der Waals surface area (Å²) in [7, 11) is 0. The van der Waals surface area contributed by atoms with Gasteiger partial charge < -0.3 is 15.1 Å². The van der Waals surface area contributed by atoms with Gasteiger partial charge in [-0.1, -0.05) is 30.3 Å². The minimum atomic E-state index is -0.0124. The average Bonchev–Trinajstić information content (AvgIpc) is 2.81. The Morgan fingerprint density at radius 3 is 2.29 bits per heavy atom. The summed E-state index contributed by atoms with van der Waals surface area (Å²) in [5.41, 5.74) is 3.20. The quantitative estimate of drug-likeness (QED) is 0.808. The standard InChI is InChI=1S/C25H32N4O2/c1-20-6-5-9-23(18-20)28-14-16-29(17-15-28)24(30)19-27-12-10-22(11-13-27)26-25(31)21-7-3-2-4-8-21/h2-9,18,22H,10-17,19H2,1H3,(H,26,31). The van der Waals surface area contributed by atoms with Crippen LogP contribution in [-0.2, 0) is 4.79 Å². The van der Waals surface area contributed by atoms with Crippen LogP contribution in [-0.4, -0.2) is 73.5 Å². The summed E-state index contributed by atoms with van der Waals surface area (Å²) < 4.78 is 0. The molecule has 6 nitrogen and oxygen atoms in total. The van der Waals surface area contributed by atoms with E-state index < -0.39 is 0 Å². The molecule has 2 aliphatic heterocycles. The van der Waals surface area contributed by atoms with Gasteiger partial charge in [0.05, 0.1) is 6.54 Å². The molecule has 4 rings (SSSR count). The fourth-order valence-corrected chi connectivity index (χ4v) is 4.42. The predicted octanol–water partition coefficient (Wildman–Crippen LogP) is 2.54. The number of nitrogens with zero attached hydrogens (tertiary/aromatic N) is 3. The molecular weight excluding hydrogens is 388 g/mol. The third-order valence-electron chi connectivity index (χ3n) is 6.32. The van der Waals surface area contributed by atoms with E-state index in [9.17, 15) is 9.59 Å². The number of piperazine rings is 1. The number of hydrogen-bond donors (Lipinski definition) is 1. The first kappa shape index (κ1) is 21.4. The Morgan fingerprint density at radius 1 is 0.903 bits per heavy atom. The molecule has 2 amide bonds. The summed E-state index contributed by atoms with van der Waals surface area (Å²) in [5, 5.41) is 3.13. The highest BCUT2D eigenvalue weighted by molar-refractivity contribution is 5.94. The third-order valence-corrected chi connectivity index (χ3v) is 6.32. The molecule has 0 spiro atoms. The maximum absolute atomic E-state index is 12.8. The number of piperidine rings is 1. The lowest BCUT2D eigenvalue weighted by molar-refractivity contribution is -0.133. The van der Waals surface area contributed by atoms with E-state index in [0.29, 0.717) is 12.1 Å². The molecule has 31 heavy (non-hydrogen) atoms. The molecule has 0 aromatic heterocycles. The lowest BCUT2D eigenvalue weighted by Gasteiger charge is -2.38. The fraction of sp³-hybridized carbons (Fsp3) is 0.440. The summed E-state index contributed by atoms with van der Waals surface area (Å²) in [4.78, 5) is 31.7. The lowest BCUT2D eigenvalue weighted by Crippen LogP contribution is -2.52. The zero-order valence-electron chi connectivity index (χ0n) is 18.3. The van der Waals surface area contributed by atoms with Crippen molar-refractivity contribution >= 4 is 17.5 Å². The summed E-state index contributed by atoms with van der Waals surface area (Å²) in [6, 6.07) is 18.1. The van der Waals surface area contributed by atoms with Gasteiger partial charge in [0.2, 0.25) is 5.91 Å². The zero-order valence-corrected chi connectivity index (χ0v) is 18.3. The first-order chi connectivity index (χ1) is 15.1. The van der Waals surface area contributed by atoms with Crippen LogP contribution in [0.3, 0.4) is 0 Å². The van der Waals surface area contributed by atoms with E-state index in [1.165, 1.54) is 11.3 Å². The molecule has 0 saturated carbocycles. The molecule has 164 valence electrons. The highest BCUT2D eigenvalue weighted by Gasteiger charge is 2.26. The number of rotatable bonds is 5. The number of carbonyl (C=O) groups excluding carboxylic acids is 2. The van der Waals surface area contributed by atoms with Gasteiger partial charge in [0, 0.05) is 56.6 Å². The molecule has 0 unspecified atom stereocenters. The van der Waals surface area contributed by atoms with Gasteiger partial charge in [-0.15, -0.1) is 0 Å². The predicted molar refractivity (Wildman–Crippen MR) is 123 cm³/mol. The van der Waals surface area contributed by atoms with Gasteiger partial charge in [0.25, 0.3) is 5.91 Å². The van der Waals surface area contributed by atoms with Crippen LogP contribution in [0.5, 0.6) is 0 Å². The average molecular weight is 421 g/mol. The van der Waals surface area contributed by atoms with Crippen LogP contribution in [0.15, 0.2) is 54.6 Å². The zero-order chi connectivity index (χ0) is 21.6. The molecule has 2 aromatic carbocycles. The Bertz CT molecular complexity index is 885. The Labute approximate surface area is 184 Å². The van der Waals surface area contributed by atoms with Crippen molar-refractivity contribution in [3.63, 3.8) is 0 Å². The number of likely N-dealkylation sites (tertiary alicyclic amines) is 1. The summed E-state index contributed by atoms with van der Waals surface area (Å²) in [6.45, 7) is 7.57. The van der Waals surface area contributed by atoms with Gasteiger partial charge in [-0.3, -0.25) is 14.5 Å². The Balaban J connectivity index is 1.19. The van der Waals surface area contributed by atoms with E-state index in [1.54, 1.807) is 0 Å². The summed E-state index contributed by atoms with van der Waals surface area (Å²) >= 11 is 0. The van der Waals surface area contributed by atoms with Crippen LogP contribution in [0, 0.1) is 6.92 Å². The van der Waals surface area contributed by atoms with Crippen LogP contribution < -0.4 is 10.2 Å². The molecule has 0 aliphatic carbocycles. The number of nitrogens with one attached hydrogen (secondary N) is 1. The largest absolute Gasteiger partial charge is 0.368 e. The van der Waals surface area contributed by atoms with Crippen molar-refractivity contribution in [3.8, 4) is 0 Å². The maximum Gasteiger partial charge on any atom is 0.251 e. The first-order valence-corrected chi connectivity index (χ1v) is 11.3. The Hall–Kier alpha value is -2.86. The van der Waals surface area contributed by atoms with Gasteiger partial charge in [0.15, 0.2) is 0 Å². The maximum atomic E-state index is 12.8. The Kier molecular flexibility index (Phi) is 6.87. The molecule has 6 heteroatoms.